The van der Waals surface area contributed by atoms with Crippen LogP contribution in [0.3, 0.4) is 0 Å². The summed E-state index contributed by atoms with van der Waals surface area (Å²) in [6.07, 6.45) is 0.456. The highest BCUT2D eigenvalue weighted by Crippen LogP contribution is 2.13. The van der Waals surface area contributed by atoms with Crippen molar-refractivity contribution in [3.8, 4) is 5.69 Å². The van der Waals surface area contributed by atoms with Gasteiger partial charge in [0.05, 0.1) is 6.42 Å². The van der Waals surface area contributed by atoms with Crippen LogP contribution in [0, 0.1) is 11.7 Å². The Morgan fingerprint density at radius 3 is 2.68 bits per heavy atom. The Morgan fingerprint density at radius 2 is 2.00 bits per heavy atom. The minimum absolute atomic E-state index is 0.456. The molecule has 0 atom stereocenters. The van der Waals surface area contributed by atoms with E-state index in [2.05, 4.69) is 30.8 Å². The number of tetrazole rings is 1. The van der Waals surface area contributed by atoms with E-state index in [1.165, 1.54) is 5.56 Å². The number of nitrogens with one attached hydrogen (secondary N) is 2. The topological polar surface area (TPSA) is 88.1 Å². The number of aromatic amines is 2. The number of benzene rings is 1. The normalized spacial score (nSPS) is 10.8. The van der Waals surface area contributed by atoms with Crippen LogP contribution in [0.15, 0.2) is 24.3 Å². The summed E-state index contributed by atoms with van der Waals surface area (Å²) in [5.41, 5.74) is 2.15. The third kappa shape index (κ3) is 2.29. The van der Waals surface area contributed by atoms with E-state index >= 15 is 0 Å². The standard InChI is InChI=1S/C11H11N7S/c1-7-2-4-8(5-3-7)18-10(14-15-11(18)19)6-9-12-16-17-13-9/h2-5H,6H2,1H3,(H,15,19)(H,12,13,16,17). The maximum atomic E-state index is 5.26. The monoisotopic (exact) mass is 273 g/mol. The second-order valence-corrected chi connectivity index (χ2v) is 4.51. The van der Waals surface area contributed by atoms with Crippen molar-refractivity contribution in [3.63, 3.8) is 0 Å². The zero-order valence-electron chi connectivity index (χ0n) is 10.2. The van der Waals surface area contributed by atoms with E-state index in [4.69, 9.17) is 12.2 Å². The van der Waals surface area contributed by atoms with Crippen LogP contribution in [0.2, 0.25) is 0 Å². The third-order valence-electron chi connectivity index (χ3n) is 2.74. The van der Waals surface area contributed by atoms with Crippen LogP contribution in [0.5, 0.6) is 0 Å². The van der Waals surface area contributed by atoms with Crippen LogP contribution in [0.25, 0.3) is 5.69 Å². The summed E-state index contributed by atoms with van der Waals surface area (Å²) < 4.78 is 2.41. The summed E-state index contributed by atoms with van der Waals surface area (Å²) in [4.78, 5) is 0. The fourth-order valence-corrected chi connectivity index (χ4v) is 2.06. The van der Waals surface area contributed by atoms with Gasteiger partial charge in [0.2, 0.25) is 0 Å². The van der Waals surface area contributed by atoms with Gasteiger partial charge in [-0.3, -0.25) is 9.67 Å². The van der Waals surface area contributed by atoms with E-state index in [1.54, 1.807) is 0 Å². The molecule has 0 bridgehead atoms. The second-order valence-electron chi connectivity index (χ2n) is 4.12. The van der Waals surface area contributed by atoms with Crippen LogP contribution in [0.1, 0.15) is 17.2 Å². The molecule has 0 unspecified atom stereocenters. The van der Waals surface area contributed by atoms with Gasteiger partial charge < -0.3 is 0 Å². The molecular weight excluding hydrogens is 262 g/mol. The molecule has 3 rings (SSSR count). The van der Waals surface area contributed by atoms with Crippen LogP contribution in [0.4, 0.5) is 0 Å². The number of nitrogens with zero attached hydrogens (tertiary/aromatic N) is 5. The molecule has 0 radical (unpaired) electrons. The van der Waals surface area contributed by atoms with Gasteiger partial charge in [-0.25, -0.2) is 0 Å². The molecule has 19 heavy (non-hydrogen) atoms. The third-order valence-corrected chi connectivity index (χ3v) is 3.01. The first-order valence-corrected chi connectivity index (χ1v) is 6.10. The number of aryl methyl sites for hydroxylation is 1. The van der Waals surface area contributed by atoms with Gasteiger partial charge in [0.1, 0.15) is 5.82 Å². The van der Waals surface area contributed by atoms with Gasteiger partial charge >= 0.3 is 0 Å². The van der Waals surface area contributed by atoms with Gasteiger partial charge in [-0.15, -0.1) is 10.2 Å². The first kappa shape index (κ1) is 11.7. The summed E-state index contributed by atoms with van der Waals surface area (Å²) in [6, 6.07) is 8.06. The molecule has 0 spiro atoms. The van der Waals surface area contributed by atoms with E-state index in [0.717, 1.165) is 11.5 Å². The summed E-state index contributed by atoms with van der Waals surface area (Å²) in [7, 11) is 0. The van der Waals surface area contributed by atoms with Crippen molar-refractivity contribution < 1.29 is 0 Å². The zero-order valence-corrected chi connectivity index (χ0v) is 11.0. The van der Waals surface area contributed by atoms with E-state index in [1.807, 2.05) is 35.8 Å². The highest BCUT2D eigenvalue weighted by molar-refractivity contribution is 7.71. The van der Waals surface area contributed by atoms with Gasteiger partial charge in [-0.2, -0.15) is 10.3 Å². The molecule has 8 heteroatoms. The summed E-state index contributed by atoms with van der Waals surface area (Å²) in [5.74, 6) is 1.32. The quantitative estimate of drug-likeness (QED) is 0.703. The first-order chi connectivity index (χ1) is 9.24. The SMILES string of the molecule is Cc1ccc(-n2c(Cc3nn[nH]n3)n[nH]c2=S)cc1. The molecule has 0 aliphatic rings. The molecule has 7 nitrogen and oxygen atoms in total. The molecule has 0 amide bonds. The summed E-state index contributed by atoms with van der Waals surface area (Å²) in [5, 5.41) is 20.8. The Balaban J connectivity index is 2.03. The van der Waals surface area contributed by atoms with E-state index < -0.39 is 0 Å². The minimum Gasteiger partial charge on any atom is -0.272 e. The van der Waals surface area contributed by atoms with Gasteiger partial charge in [-0.1, -0.05) is 22.9 Å². The lowest BCUT2D eigenvalue weighted by Gasteiger charge is -2.05. The summed E-state index contributed by atoms with van der Waals surface area (Å²) >= 11 is 5.26. The lowest BCUT2D eigenvalue weighted by molar-refractivity contribution is 0.853. The Kier molecular flexibility index (Phi) is 2.92. The van der Waals surface area contributed by atoms with E-state index in [0.29, 0.717) is 17.0 Å². The van der Waals surface area contributed by atoms with Crippen molar-refractivity contribution in [1.29, 1.82) is 0 Å². The van der Waals surface area contributed by atoms with Gasteiger partial charge in [0, 0.05) is 5.69 Å². The average Bonchev–Trinajstić information content (AvgIpc) is 3.02. The number of aromatic nitrogens is 7. The molecule has 0 aliphatic carbocycles. The van der Waals surface area contributed by atoms with Crippen molar-refractivity contribution in [1.82, 2.24) is 35.4 Å². The van der Waals surface area contributed by atoms with Crippen LogP contribution >= 0.6 is 12.2 Å². The number of hydrogen-bond donors (Lipinski definition) is 2. The Morgan fingerprint density at radius 1 is 1.21 bits per heavy atom. The number of H-pyrrole nitrogens is 2. The minimum atomic E-state index is 0.456. The Labute approximate surface area is 113 Å². The fraction of sp³-hybridized carbons (Fsp3) is 0.182. The van der Waals surface area contributed by atoms with Crippen molar-refractivity contribution in [2.45, 2.75) is 13.3 Å². The van der Waals surface area contributed by atoms with Gasteiger partial charge in [0.25, 0.3) is 0 Å². The lowest BCUT2D eigenvalue weighted by Crippen LogP contribution is -2.03. The smallest absolute Gasteiger partial charge is 0.199 e. The molecule has 0 saturated heterocycles. The Hall–Kier alpha value is -2.35. The molecule has 96 valence electrons. The highest BCUT2D eigenvalue weighted by Gasteiger charge is 2.11. The van der Waals surface area contributed by atoms with Gasteiger partial charge in [-0.05, 0) is 31.3 Å². The zero-order chi connectivity index (χ0) is 13.2. The molecule has 2 heterocycles. The predicted octanol–water partition coefficient (Wildman–Crippen LogP) is 1.34. The van der Waals surface area contributed by atoms with Crippen molar-refractivity contribution in [3.05, 3.63) is 46.2 Å². The Bertz CT molecular complexity index is 723. The molecular formula is C11H11N7S. The van der Waals surface area contributed by atoms with Crippen molar-refractivity contribution >= 4 is 12.2 Å². The van der Waals surface area contributed by atoms with Gasteiger partial charge in [0.15, 0.2) is 10.6 Å². The number of hydrogen-bond acceptors (Lipinski definition) is 5. The van der Waals surface area contributed by atoms with E-state index in [-0.39, 0.29) is 0 Å². The molecule has 2 N–H and O–H groups in total. The van der Waals surface area contributed by atoms with E-state index in [9.17, 15) is 0 Å². The van der Waals surface area contributed by atoms with Crippen molar-refractivity contribution in [2.24, 2.45) is 0 Å². The molecule has 1 aromatic carbocycles. The molecule has 0 saturated carbocycles. The van der Waals surface area contributed by atoms with Crippen LogP contribution in [-0.2, 0) is 6.42 Å². The van der Waals surface area contributed by atoms with Crippen molar-refractivity contribution in [2.75, 3.05) is 0 Å². The summed E-state index contributed by atoms with van der Waals surface area (Å²) in [6.45, 7) is 2.04. The maximum Gasteiger partial charge on any atom is 0.199 e. The fourth-order valence-electron chi connectivity index (χ4n) is 1.81. The lowest BCUT2D eigenvalue weighted by atomic mass is 10.2. The number of rotatable bonds is 3. The highest BCUT2D eigenvalue weighted by atomic mass is 32.1. The first-order valence-electron chi connectivity index (χ1n) is 5.70. The molecule has 0 fully saturated rings. The molecule has 2 aromatic heterocycles. The molecule has 0 aliphatic heterocycles. The largest absolute Gasteiger partial charge is 0.272 e. The predicted molar refractivity (Wildman–Crippen MR) is 70.5 cm³/mol. The molecule has 3 aromatic rings. The maximum absolute atomic E-state index is 5.26. The second kappa shape index (κ2) is 4.73. The average molecular weight is 273 g/mol. The van der Waals surface area contributed by atoms with Crippen LogP contribution in [-0.4, -0.2) is 35.4 Å². The van der Waals surface area contributed by atoms with Crippen LogP contribution < -0.4 is 0 Å².